The summed E-state index contributed by atoms with van der Waals surface area (Å²) >= 11 is 5.29. The van der Waals surface area contributed by atoms with Crippen molar-refractivity contribution >= 4 is 40.9 Å². The van der Waals surface area contributed by atoms with Crippen LogP contribution in [0.25, 0.3) is 11.8 Å². The molecule has 0 saturated carbocycles. The predicted octanol–water partition coefficient (Wildman–Crippen LogP) is 4.50. The number of hydrogen-bond acceptors (Lipinski definition) is 5. The van der Waals surface area contributed by atoms with E-state index in [4.69, 9.17) is 21.7 Å². The third kappa shape index (κ3) is 4.74. The molecular formula is C27H25N3O4S. The minimum absolute atomic E-state index is 0.00263. The first-order chi connectivity index (χ1) is 16.8. The first kappa shape index (κ1) is 24.0. The molecule has 0 aliphatic carbocycles. The van der Waals surface area contributed by atoms with Crippen LogP contribution >= 0.6 is 12.2 Å². The van der Waals surface area contributed by atoms with E-state index in [9.17, 15) is 9.59 Å². The second-order valence-corrected chi connectivity index (χ2v) is 8.30. The van der Waals surface area contributed by atoms with Gasteiger partial charge in [-0.2, -0.15) is 0 Å². The fourth-order valence-corrected chi connectivity index (χ4v) is 4.24. The number of ether oxygens (including phenoxy) is 2. The second-order valence-electron chi connectivity index (χ2n) is 7.91. The van der Waals surface area contributed by atoms with Gasteiger partial charge in [-0.1, -0.05) is 12.7 Å². The molecule has 4 rings (SSSR count). The van der Waals surface area contributed by atoms with Crippen LogP contribution in [0.1, 0.15) is 17.0 Å². The van der Waals surface area contributed by atoms with E-state index in [1.54, 1.807) is 43.5 Å². The van der Waals surface area contributed by atoms with Gasteiger partial charge in [0.2, 0.25) is 0 Å². The van der Waals surface area contributed by atoms with Crippen LogP contribution in [0.5, 0.6) is 11.5 Å². The number of anilines is 1. The number of benzene rings is 2. The first-order valence-electron chi connectivity index (χ1n) is 10.9. The van der Waals surface area contributed by atoms with Gasteiger partial charge >= 0.3 is 0 Å². The fraction of sp³-hybridized carbons (Fsp3) is 0.148. The summed E-state index contributed by atoms with van der Waals surface area (Å²) in [7, 11) is 1.56. The van der Waals surface area contributed by atoms with E-state index in [2.05, 4.69) is 16.5 Å². The number of carbonyl (C=O) groups is 2. The molecular weight excluding hydrogens is 462 g/mol. The molecule has 2 heterocycles. The highest BCUT2D eigenvalue weighted by Gasteiger charge is 2.34. The molecule has 0 radical (unpaired) electrons. The smallest absolute Gasteiger partial charge is 0.270 e. The van der Waals surface area contributed by atoms with Gasteiger partial charge in [-0.15, -0.1) is 0 Å². The van der Waals surface area contributed by atoms with Crippen LogP contribution in [-0.2, 0) is 9.59 Å². The van der Waals surface area contributed by atoms with E-state index in [0.29, 0.717) is 18.0 Å². The van der Waals surface area contributed by atoms with Crippen LogP contribution in [0.15, 0.2) is 72.8 Å². The van der Waals surface area contributed by atoms with Crippen LogP contribution in [0.4, 0.5) is 5.69 Å². The van der Waals surface area contributed by atoms with Crippen LogP contribution in [-0.4, -0.2) is 35.2 Å². The molecule has 1 saturated heterocycles. The van der Waals surface area contributed by atoms with Crippen LogP contribution < -0.4 is 19.7 Å². The normalized spacial score (nSPS) is 14.8. The van der Waals surface area contributed by atoms with Crippen molar-refractivity contribution in [2.45, 2.75) is 13.8 Å². The number of carbonyl (C=O) groups excluding carboxylic acids is 2. The number of hydrogen-bond donors (Lipinski definition) is 1. The highest BCUT2D eigenvalue weighted by atomic mass is 32.1. The zero-order valence-corrected chi connectivity index (χ0v) is 20.5. The van der Waals surface area contributed by atoms with Crippen molar-refractivity contribution in [2.75, 3.05) is 18.6 Å². The van der Waals surface area contributed by atoms with Gasteiger partial charge in [0.05, 0.1) is 12.8 Å². The number of thiocarbonyl (C=S) groups is 1. The van der Waals surface area contributed by atoms with Gasteiger partial charge in [-0.05, 0) is 92.3 Å². The van der Waals surface area contributed by atoms with Crippen molar-refractivity contribution in [1.29, 1.82) is 0 Å². The Morgan fingerprint density at radius 3 is 2.26 bits per heavy atom. The van der Waals surface area contributed by atoms with Gasteiger partial charge in [-0.3, -0.25) is 19.8 Å². The third-order valence-electron chi connectivity index (χ3n) is 5.67. The molecule has 1 aliphatic heterocycles. The standard InChI is InChI=1S/C27H25N3O4S/c1-5-14-34-23-12-8-20(9-13-23)29-17(2)15-19(18(29)3)16-24-25(31)28-27(35)30(26(24)32)21-6-10-22(33-4)11-7-21/h5-13,15-16H,1,14H2,2-4H3,(H,28,31,35)/b24-16+. The summed E-state index contributed by atoms with van der Waals surface area (Å²) in [6.45, 7) is 8.01. The Labute approximate surface area is 209 Å². The summed E-state index contributed by atoms with van der Waals surface area (Å²) in [5.41, 5.74) is 4.09. The first-order valence-corrected chi connectivity index (χ1v) is 11.3. The molecule has 2 amide bonds. The van der Waals surface area contributed by atoms with Crippen molar-refractivity contribution in [2.24, 2.45) is 0 Å². The molecule has 2 aromatic carbocycles. The van der Waals surface area contributed by atoms with Gasteiger partial charge in [0.25, 0.3) is 11.8 Å². The molecule has 1 fully saturated rings. The minimum atomic E-state index is -0.529. The molecule has 7 nitrogen and oxygen atoms in total. The van der Waals surface area contributed by atoms with E-state index in [0.717, 1.165) is 28.4 Å². The number of nitrogens with one attached hydrogen (secondary N) is 1. The molecule has 3 aromatic rings. The maximum Gasteiger partial charge on any atom is 0.270 e. The zero-order chi connectivity index (χ0) is 25.1. The Bertz CT molecular complexity index is 1340. The van der Waals surface area contributed by atoms with Crippen molar-refractivity contribution < 1.29 is 19.1 Å². The highest BCUT2D eigenvalue weighted by molar-refractivity contribution is 7.80. The summed E-state index contributed by atoms with van der Waals surface area (Å²) in [5.74, 6) is 0.380. The quantitative estimate of drug-likeness (QED) is 0.230. The maximum absolute atomic E-state index is 13.4. The van der Waals surface area contributed by atoms with Gasteiger partial charge in [0.15, 0.2) is 5.11 Å². The van der Waals surface area contributed by atoms with Crippen molar-refractivity contribution in [3.8, 4) is 17.2 Å². The molecule has 1 aliphatic rings. The maximum atomic E-state index is 13.4. The van der Waals surface area contributed by atoms with E-state index in [-0.39, 0.29) is 10.7 Å². The lowest BCUT2D eigenvalue weighted by molar-refractivity contribution is -0.122. The Morgan fingerprint density at radius 1 is 1.00 bits per heavy atom. The number of aromatic nitrogens is 1. The average molecular weight is 488 g/mol. The molecule has 0 bridgehead atoms. The van der Waals surface area contributed by atoms with Crippen molar-refractivity contribution in [3.63, 3.8) is 0 Å². The Balaban J connectivity index is 1.67. The van der Waals surface area contributed by atoms with Gasteiger partial charge in [0, 0.05) is 17.1 Å². The number of methoxy groups -OCH3 is 1. The SMILES string of the molecule is C=CCOc1ccc(-n2c(C)cc(/C=C3\C(=O)NC(=S)N(c4ccc(OC)cc4)C3=O)c2C)cc1. The predicted molar refractivity (Wildman–Crippen MR) is 140 cm³/mol. The van der Waals surface area contributed by atoms with E-state index in [1.165, 1.54) is 4.90 Å². The lowest BCUT2D eigenvalue weighted by Gasteiger charge is -2.29. The molecule has 0 atom stereocenters. The molecule has 8 heteroatoms. The monoisotopic (exact) mass is 487 g/mol. The van der Waals surface area contributed by atoms with Crippen LogP contribution in [0.2, 0.25) is 0 Å². The molecule has 35 heavy (non-hydrogen) atoms. The third-order valence-corrected chi connectivity index (χ3v) is 5.95. The van der Waals surface area contributed by atoms with Gasteiger partial charge in [-0.25, -0.2) is 0 Å². The zero-order valence-electron chi connectivity index (χ0n) is 19.7. The average Bonchev–Trinajstić information content (AvgIpc) is 3.13. The van der Waals surface area contributed by atoms with Crippen molar-refractivity contribution in [1.82, 2.24) is 9.88 Å². The van der Waals surface area contributed by atoms with Crippen LogP contribution in [0.3, 0.4) is 0 Å². The van der Waals surface area contributed by atoms with Gasteiger partial charge < -0.3 is 14.0 Å². The van der Waals surface area contributed by atoms with E-state index < -0.39 is 11.8 Å². The van der Waals surface area contributed by atoms with E-state index >= 15 is 0 Å². The highest BCUT2D eigenvalue weighted by Crippen LogP contribution is 2.27. The molecule has 0 unspecified atom stereocenters. The van der Waals surface area contributed by atoms with Gasteiger partial charge in [0.1, 0.15) is 23.7 Å². The number of rotatable bonds is 7. The summed E-state index contributed by atoms with van der Waals surface area (Å²) in [6.07, 6.45) is 3.30. The summed E-state index contributed by atoms with van der Waals surface area (Å²) in [6, 6.07) is 16.5. The Hall–Kier alpha value is -4.17. The lowest BCUT2D eigenvalue weighted by atomic mass is 10.1. The minimum Gasteiger partial charge on any atom is -0.497 e. The summed E-state index contributed by atoms with van der Waals surface area (Å²) in [4.78, 5) is 27.4. The Kier molecular flexibility index (Phi) is 6.84. The van der Waals surface area contributed by atoms with Crippen LogP contribution in [0, 0.1) is 13.8 Å². The second kappa shape index (κ2) is 9.99. The lowest BCUT2D eigenvalue weighted by Crippen LogP contribution is -2.54. The molecule has 1 N–H and O–H groups in total. The topological polar surface area (TPSA) is 72.8 Å². The van der Waals surface area contributed by atoms with Crippen molar-refractivity contribution in [3.05, 3.63) is 89.8 Å². The molecule has 1 aromatic heterocycles. The summed E-state index contributed by atoms with van der Waals surface area (Å²) in [5, 5.41) is 2.66. The molecule has 178 valence electrons. The van der Waals surface area contributed by atoms with E-state index in [1.807, 2.05) is 44.2 Å². The fourth-order valence-electron chi connectivity index (χ4n) is 3.96. The summed E-state index contributed by atoms with van der Waals surface area (Å²) < 4.78 is 12.8. The largest absolute Gasteiger partial charge is 0.497 e. The number of aryl methyl sites for hydroxylation is 1. The Morgan fingerprint density at radius 2 is 1.63 bits per heavy atom. The number of amides is 2. The number of nitrogens with zero attached hydrogens (tertiary/aromatic N) is 2. The molecule has 0 spiro atoms.